The Bertz CT molecular complexity index is 223. The zero-order chi connectivity index (χ0) is 7.30. The molecule has 0 spiro atoms. The molecule has 0 aromatic carbocycles. The van der Waals surface area contributed by atoms with Gasteiger partial charge in [0, 0.05) is 0 Å². The van der Waals surface area contributed by atoms with Gasteiger partial charge in [-0.05, 0) is 28.7 Å². The summed E-state index contributed by atoms with van der Waals surface area (Å²) in [6.45, 7) is 0. The summed E-state index contributed by atoms with van der Waals surface area (Å²) < 4.78 is 5.50. The number of carbonyl (C=O) groups is 1. The first-order chi connectivity index (χ1) is 4.70. The molecule has 0 amide bonds. The van der Waals surface area contributed by atoms with Crippen LogP contribution >= 0.6 is 22.6 Å². The summed E-state index contributed by atoms with van der Waals surface area (Å²) in [7, 11) is 0. The lowest BCUT2D eigenvalue weighted by Gasteiger charge is -2.06. The Labute approximate surface area is 71.2 Å². The summed E-state index contributed by atoms with van der Waals surface area (Å²) in [4.78, 5) is 11.0. The molecule has 0 radical (unpaired) electrons. The van der Waals surface area contributed by atoms with Crippen molar-refractivity contribution in [2.24, 2.45) is 0 Å². The molecule has 0 bridgehead atoms. The molecule has 10 heavy (non-hydrogen) atoms. The molecular formula is C6H5IO3. The zero-order valence-corrected chi connectivity index (χ0v) is 7.11. The first-order valence-electron chi connectivity index (χ1n) is 2.95. The van der Waals surface area contributed by atoms with Crippen LogP contribution in [-0.4, -0.2) is 29.2 Å². The first kappa shape index (κ1) is 6.75. The largest absolute Gasteiger partial charge is 0.386 e. The summed E-state index contributed by atoms with van der Waals surface area (Å²) in [6, 6.07) is 0. The highest BCUT2D eigenvalue weighted by Gasteiger charge is 2.52. The molecule has 4 heteroatoms. The van der Waals surface area contributed by atoms with E-state index in [2.05, 4.69) is 0 Å². The lowest BCUT2D eigenvalue weighted by atomic mass is 10.0. The van der Waals surface area contributed by atoms with Crippen molar-refractivity contribution in [2.45, 2.75) is 18.3 Å². The Balaban J connectivity index is 2.30. The van der Waals surface area contributed by atoms with Crippen LogP contribution in [0.5, 0.6) is 0 Å². The molecule has 1 N–H and O–H groups in total. The van der Waals surface area contributed by atoms with Crippen LogP contribution in [-0.2, 0) is 9.53 Å². The summed E-state index contributed by atoms with van der Waals surface area (Å²) in [5.41, 5.74) is 0. The second kappa shape index (κ2) is 2.02. The van der Waals surface area contributed by atoms with Crippen LogP contribution in [0.1, 0.15) is 0 Å². The molecule has 2 aliphatic rings. The van der Waals surface area contributed by atoms with Crippen molar-refractivity contribution in [2.75, 3.05) is 0 Å². The van der Waals surface area contributed by atoms with Crippen LogP contribution in [0.4, 0.5) is 0 Å². The summed E-state index contributed by atoms with van der Waals surface area (Å²) in [5, 5.41) is 9.15. The molecule has 2 rings (SSSR count). The fourth-order valence-corrected chi connectivity index (χ4v) is 1.73. The van der Waals surface area contributed by atoms with E-state index in [0.29, 0.717) is 3.58 Å². The predicted octanol–water partition coefficient (Wildman–Crippen LogP) is 0.0163. The van der Waals surface area contributed by atoms with E-state index in [4.69, 9.17) is 9.84 Å². The molecule has 0 unspecified atom stereocenters. The van der Waals surface area contributed by atoms with E-state index >= 15 is 0 Å². The molecule has 1 aliphatic heterocycles. The van der Waals surface area contributed by atoms with Crippen LogP contribution in [0.25, 0.3) is 0 Å². The van der Waals surface area contributed by atoms with Gasteiger partial charge < -0.3 is 9.84 Å². The average Bonchev–Trinajstić information content (AvgIpc) is 2.61. The van der Waals surface area contributed by atoms with Gasteiger partial charge in [0.2, 0.25) is 0 Å². The molecule has 1 fully saturated rings. The highest BCUT2D eigenvalue weighted by atomic mass is 127. The predicted molar refractivity (Wildman–Crippen MR) is 41.8 cm³/mol. The highest BCUT2D eigenvalue weighted by molar-refractivity contribution is 14.1. The van der Waals surface area contributed by atoms with Gasteiger partial charge in [-0.1, -0.05) is 0 Å². The zero-order valence-electron chi connectivity index (χ0n) is 4.95. The lowest BCUT2D eigenvalue weighted by molar-refractivity contribution is -0.116. The summed E-state index contributed by atoms with van der Waals surface area (Å²) >= 11 is 1.91. The fraction of sp³-hybridized carbons (Fsp3) is 0.500. The molecule has 3 nitrogen and oxygen atoms in total. The highest BCUT2D eigenvalue weighted by Crippen LogP contribution is 2.35. The Kier molecular flexibility index (Phi) is 1.37. The Morgan fingerprint density at radius 2 is 2.40 bits per heavy atom. The van der Waals surface area contributed by atoms with Crippen molar-refractivity contribution in [1.82, 2.24) is 0 Å². The second-order valence-electron chi connectivity index (χ2n) is 2.39. The molecular weight excluding hydrogens is 247 g/mol. The van der Waals surface area contributed by atoms with E-state index in [1.54, 1.807) is 0 Å². The van der Waals surface area contributed by atoms with Gasteiger partial charge in [-0.3, -0.25) is 4.79 Å². The van der Waals surface area contributed by atoms with E-state index in [1.165, 1.54) is 6.08 Å². The fourth-order valence-electron chi connectivity index (χ4n) is 1.06. The quantitative estimate of drug-likeness (QED) is 0.488. The van der Waals surface area contributed by atoms with E-state index in [-0.39, 0.29) is 18.0 Å². The van der Waals surface area contributed by atoms with E-state index in [0.717, 1.165) is 0 Å². The number of hydrogen-bond acceptors (Lipinski definition) is 3. The second-order valence-corrected chi connectivity index (χ2v) is 3.55. The average molecular weight is 252 g/mol. The molecule has 1 saturated heterocycles. The van der Waals surface area contributed by atoms with Crippen LogP contribution in [0.2, 0.25) is 0 Å². The summed E-state index contributed by atoms with van der Waals surface area (Å²) in [5.74, 6) is 0.0101. The minimum Gasteiger partial charge on any atom is -0.386 e. The van der Waals surface area contributed by atoms with Gasteiger partial charge in [-0.15, -0.1) is 0 Å². The van der Waals surface area contributed by atoms with Gasteiger partial charge >= 0.3 is 0 Å². The number of aliphatic hydroxyl groups is 1. The first-order valence-corrected chi connectivity index (χ1v) is 4.03. The van der Waals surface area contributed by atoms with Crippen molar-refractivity contribution in [3.8, 4) is 0 Å². The number of rotatable bonds is 0. The topological polar surface area (TPSA) is 49.8 Å². The SMILES string of the molecule is O=C1C(I)=C[C@@H](O)[C@@H]2O[C@H]12. The third-order valence-corrected chi connectivity index (χ3v) is 2.56. The molecule has 54 valence electrons. The Morgan fingerprint density at radius 3 is 3.10 bits per heavy atom. The van der Waals surface area contributed by atoms with E-state index in [9.17, 15) is 4.79 Å². The number of carbonyl (C=O) groups excluding carboxylic acids is 1. The number of Topliss-reactive ketones (excluding diaryl/α,β-unsaturated/α-hetero) is 1. The number of ether oxygens (including phenoxy) is 1. The third kappa shape index (κ3) is 0.826. The van der Waals surface area contributed by atoms with E-state index in [1.807, 2.05) is 22.6 Å². The number of fused-ring (bicyclic) bond motifs is 1. The van der Waals surface area contributed by atoms with E-state index < -0.39 is 6.10 Å². The maximum atomic E-state index is 11.0. The van der Waals surface area contributed by atoms with Gasteiger partial charge in [-0.2, -0.15) is 0 Å². The number of ketones is 1. The normalized spacial score (nSPS) is 44.4. The van der Waals surface area contributed by atoms with Gasteiger partial charge in [0.1, 0.15) is 12.2 Å². The minimum absolute atomic E-state index is 0.0101. The van der Waals surface area contributed by atoms with Crippen molar-refractivity contribution in [1.29, 1.82) is 0 Å². The Morgan fingerprint density at radius 1 is 1.70 bits per heavy atom. The maximum Gasteiger partial charge on any atom is 0.200 e. The number of hydrogen-bond donors (Lipinski definition) is 1. The van der Waals surface area contributed by atoms with Gasteiger partial charge in [0.15, 0.2) is 11.9 Å². The molecule has 0 saturated carbocycles. The molecule has 0 aromatic rings. The lowest BCUT2D eigenvalue weighted by Crippen LogP contribution is -2.24. The van der Waals surface area contributed by atoms with Crippen molar-refractivity contribution in [3.05, 3.63) is 9.66 Å². The third-order valence-electron chi connectivity index (χ3n) is 1.67. The minimum atomic E-state index is -0.574. The van der Waals surface area contributed by atoms with Crippen LogP contribution in [0.3, 0.4) is 0 Å². The van der Waals surface area contributed by atoms with Gasteiger partial charge in [0.25, 0.3) is 0 Å². The maximum absolute atomic E-state index is 11.0. The number of epoxide rings is 1. The van der Waals surface area contributed by atoms with Crippen LogP contribution in [0.15, 0.2) is 9.66 Å². The Hall–Kier alpha value is 0.0600. The van der Waals surface area contributed by atoms with Crippen LogP contribution in [0, 0.1) is 0 Å². The number of halogens is 1. The van der Waals surface area contributed by atoms with Crippen molar-refractivity contribution >= 4 is 28.4 Å². The number of aliphatic hydroxyl groups excluding tert-OH is 1. The van der Waals surface area contributed by atoms with Gasteiger partial charge in [0.05, 0.1) is 3.58 Å². The van der Waals surface area contributed by atoms with Crippen molar-refractivity contribution < 1.29 is 14.6 Å². The molecule has 0 aromatic heterocycles. The van der Waals surface area contributed by atoms with Crippen molar-refractivity contribution in [3.63, 3.8) is 0 Å². The molecule has 3 atom stereocenters. The molecule has 1 heterocycles. The summed E-state index contributed by atoms with van der Waals surface area (Å²) in [6.07, 6.45) is 0.379. The van der Waals surface area contributed by atoms with Gasteiger partial charge in [-0.25, -0.2) is 0 Å². The monoisotopic (exact) mass is 252 g/mol. The smallest absolute Gasteiger partial charge is 0.200 e. The molecule has 1 aliphatic carbocycles. The van der Waals surface area contributed by atoms with Crippen LogP contribution < -0.4 is 0 Å². The standard InChI is InChI=1S/C6H5IO3/c7-2-1-3(8)5-6(10-5)4(2)9/h1,3,5-6,8H/t3-,5+,6-/m1/s1.